The lowest BCUT2D eigenvalue weighted by Crippen LogP contribution is -2.48. The summed E-state index contributed by atoms with van der Waals surface area (Å²) in [5.41, 5.74) is 0.463. The summed E-state index contributed by atoms with van der Waals surface area (Å²) >= 11 is 0. The van der Waals surface area contributed by atoms with Crippen molar-refractivity contribution < 1.29 is 19.4 Å². The van der Waals surface area contributed by atoms with E-state index in [1.807, 2.05) is 18.2 Å². The van der Waals surface area contributed by atoms with E-state index in [4.69, 9.17) is 4.74 Å². The first-order valence-corrected chi connectivity index (χ1v) is 9.06. The van der Waals surface area contributed by atoms with Gasteiger partial charge in [0.05, 0.1) is 23.2 Å². The SMILES string of the molecule is CC(C)(C)OC(=O)N1CCC(O)C1CNC(=O)c1cccc2cccnc12. The summed E-state index contributed by atoms with van der Waals surface area (Å²) in [5, 5.41) is 13.9. The number of nitrogens with one attached hydrogen (secondary N) is 1. The van der Waals surface area contributed by atoms with Crippen LogP contribution in [0.25, 0.3) is 10.9 Å². The largest absolute Gasteiger partial charge is 0.444 e. The molecule has 2 unspecified atom stereocenters. The molecular weight excluding hydrogens is 346 g/mol. The van der Waals surface area contributed by atoms with Crippen molar-refractivity contribution in [2.75, 3.05) is 13.1 Å². The van der Waals surface area contributed by atoms with Crippen LogP contribution in [0.2, 0.25) is 0 Å². The number of amides is 2. The van der Waals surface area contributed by atoms with Crippen molar-refractivity contribution in [1.29, 1.82) is 0 Å². The molecule has 144 valence electrons. The number of nitrogens with zero attached hydrogens (tertiary/aromatic N) is 2. The van der Waals surface area contributed by atoms with Crippen LogP contribution in [0, 0.1) is 0 Å². The van der Waals surface area contributed by atoms with Gasteiger partial charge in [-0.2, -0.15) is 0 Å². The van der Waals surface area contributed by atoms with Crippen LogP contribution >= 0.6 is 0 Å². The van der Waals surface area contributed by atoms with E-state index in [9.17, 15) is 14.7 Å². The average molecular weight is 371 g/mol. The molecule has 2 aromatic rings. The number of aliphatic hydroxyl groups is 1. The fourth-order valence-corrected chi connectivity index (χ4v) is 3.21. The number of rotatable bonds is 3. The molecule has 1 fully saturated rings. The van der Waals surface area contributed by atoms with Crippen molar-refractivity contribution >= 4 is 22.9 Å². The summed E-state index contributed by atoms with van der Waals surface area (Å²) in [6.07, 6.45) is 0.910. The number of benzene rings is 1. The molecule has 0 saturated carbocycles. The maximum atomic E-state index is 12.7. The molecule has 2 amide bonds. The highest BCUT2D eigenvalue weighted by atomic mass is 16.6. The first-order chi connectivity index (χ1) is 12.8. The van der Waals surface area contributed by atoms with E-state index < -0.39 is 23.8 Å². The van der Waals surface area contributed by atoms with E-state index in [0.29, 0.717) is 24.0 Å². The van der Waals surface area contributed by atoms with Gasteiger partial charge in [0, 0.05) is 24.7 Å². The number of pyridine rings is 1. The summed E-state index contributed by atoms with van der Waals surface area (Å²) in [7, 11) is 0. The second-order valence-electron chi connectivity index (χ2n) is 7.69. The Morgan fingerprint density at radius 3 is 2.78 bits per heavy atom. The molecule has 1 aliphatic rings. The van der Waals surface area contributed by atoms with Gasteiger partial charge in [0.1, 0.15) is 5.60 Å². The molecule has 1 saturated heterocycles. The highest BCUT2D eigenvalue weighted by molar-refractivity contribution is 6.05. The van der Waals surface area contributed by atoms with Crippen molar-refractivity contribution in [2.45, 2.75) is 44.9 Å². The Morgan fingerprint density at radius 2 is 2.04 bits per heavy atom. The van der Waals surface area contributed by atoms with E-state index in [0.717, 1.165) is 5.39 Å². The van der Waals surface area contributed by atoms with E-state index in [2.05, 4.69) is 10.3 Å². The third-order valence-corrected chi connectivity index (χ3v) is 4.49. The predicted octanol–water partition coefficient (Wildman–Crippen LogP) is 2.33. The number of likely N-dealkylation sites (tertiary alicyclic amines) is 1. The lowest BCUT2D eigenvalue weighted by Gasteiger charge is -2.29. The molecule has 27 heavy (non-hydrogen) atoms. The van der Waals surface area contributed by atoms with Gasteiger partial charge in [-0.3, -0.25) is 9.78 Å². The first kappa shape index (κ1) is 19.1. The Labute approximate surface area is 158 Å². The van der Waals surface area contributed by atoms with E-state index in [1.165, 1.54) is 4.90 Å². The second-order valence-corrected chi connectivity index (χ2v) is 7.69. The molecule has 1 aromatic carbocycles. The van der Waals surface area contributed by atoms with Crippen LogP contribution in [-0.2, 0) is 4.74 Å². The van der Waals surface area contributed by atoms with E-state index in [-0.39, 0.29) is 12.5 Å². The monoisotopic (exact) mass is 371 g/mol. The molecule has 0 spiro atoms. The second kappa shape index (κ2) is 7.52. The molecule has 2 N–H and O–H groups in total. The molecule has 0 bridgehead atoms. The zero-order chi connectivity index (χ0) is 19.6. The summed E-state index contributed by atoms with van der Waals surface area (Å²) in [4.78, 5) is 30.8. The van der Waals surface area contributed by atoms with E-state index in [1.54, 1.807) is 39.1 Å². The zero-order valence-electron chi connectivity index (χ0n) is 15.8. The number of carbonyl (C=O) groups is 2. The van der Waals surface area contributed by atoms with Crippen LogP contribution in [0.1, 0.15) is 37.6 Å². The van der Waals surface area contributed by atoms with Gasteiger partial charge < -0.3 is 20.1 Å². The van der Waals surface area contributed by atoms with Crippen molar-refractivity contribution in [3.63, 3.8) is 0 Å². The smallest absolute Gasteiger partial charge is 0.410 e. The van der Waals surface area contributed by atoms with Gasteiger partial charge in [-0.25, -0.2) is 4.79 Å². The normalized spacial score (nSPS) is 19.9. The number of carbonyl (C=O) groups excluding carboxylic acids is 2. The number of para-hydroxylation sites is 1. The molecule has 3 rings (SSSR count). The van der Waals surface area contributed by atoms with Crippen molar-refractivity contribution in [2.24, 2.45) is 0 Å². The van der Waals surface area contributed by atoms with Gasteiger partial charge in [0.2, 0.25) is 0 Å². The molecule has 1 aliphatic heterocycles. The third kappa shape index (κ3) is 4.36. The Kier molecular flexibility index (Phi) is 5.32. The van der Waals surface area contributed by atoms with E-state index >= 15 is 0 Å². The Balaban J connectivity index is 1.70. The topological polar surface area (TPSA) is 91.8 Å². The molecule has 7 heteroatoms. The Bertz CT molecular complexity index is 841. The number of ether oxygens (including phenoxy) is 1. The van der Waals surface area contributed by atoms with Crippen LogP contribution in [0.15, 0.2) is 36.5 Å². The molecule has 0 radical (unpaired) electrons. The van der Waals surface area contributed by atoms with Gasteiger partial charge in [0.15, 0.2) is 0 Å². The lowest BCUT2D eigenvalue weighted by molar-refractivity contribution is 0.0155. The fourth-order valence-electron chi connectivity index (χ4n) is 3.21. The molecule has 0 aliphatic carbocycles. The number of hydrogen-bond donors (Lipinski definition) is 2. The molecular formula is C20H25N3O4. The summed E-state index contributed by atoms with van der Waals surface area (Å²) < 4.78 is 5.40. The minimum Gasteiger partial charge on any atom is -0.444 e. The number of hydrogen-bond acceptors (Lipinski definition) is 5. The Morgan fingerprint density at radius 1 is 1.30 bits per heavy atom. The number of aliphatic hydroxyl groups excluding tert-OH is 1. The van der Waals surface area contributed by atoms with Crippen molar-refractivity contribution in [3.05, 3.63) is 42.1 Å². The van der Waals surface area contributed by atoms with Crippen molar-refractivity contribution in [1.82, 2.24) is 15.2 Å². The number of fused-ring (bicyclic) bond motifs is 1. The zero-order valence-corrected chi connectivity index (χ0v) is 15.8. The van der Waals surface area contributed by atoms with Crippen LogP contribution in [0.4, 0.5) is 4.79 Å². The molecule has 7 nitrogen and oxygen atoms in total. The van der Waals surface area contributed by atoms with Gasteiger partial charge in [-0.15, -0.1) is 0 Å². The van der Waals surface area contributed by atoms with Crippen LogP contribution < -0.4 is 5.32 Å². The summed E-state index contributed by atoms with van der Waals surface area (Å²) in [6.45, 7) is 5.92. The minimum absolute atomic E-state index is 0.141. The Hall–Kier alpha value is -2.67. The highest BCUT2D eigenvalue weighted by Crippen LogP contribution is 2.21. The fraction of sp³-hybridized carbons (Fsp3) is 0.450. The van der Waals surface area contributed by atoms with Gasteiger partial charge in [-0.05, 0) is 39.3 Å². The van der Waals surface area contributed by atoms with Gasteiger partial charge in [0.25, 0.3) is 5.91 Å². The quantitative estimate of drug-likeness (QED) is 0.864. The van der Waals surface area contributed by atoms with Gasteiger partial charge >= 0.3 is 6.09 Å². The average Bonchev–Trinajstić information content (AvgIpc) is 2.98. The maximum absolute atomic E-state index is 12.7. The third-order valence-electron chi connectivity index (χ3n) is 4.49. The van der Waals surface area contributed by atoms with Crippen molar-refractivity contribution in [3.8, 4) is 0 Å². The van der Waals surface area contributed by atoms with Crippen LogP contribution in [0.3, 0.4) is 0 Å². The maximum Gasteiger partial charge on any atom is 0.410 e. The highest BCUT2D eigenvalue weighted by Gasteiger charge is 2.38. The summed E-state index contributed by atoms with van der Waals surface area (Å²) in [5.74, 6) is -0.289. The molecule has 2 heterocycles. The lowest BCUT2D eigenvalue weighted by atomic mass is 10.1. The van der Waals surface area contributed by atoms with Crippen LogP contribution in [0.5, 0.6) is 0 Å². The van der Waals surface area contributed by atoms with Gasteiger partial charge in [-0.1, -0.05) is 18.2 Å². The summed E-state index contributed by atoms with van der Waals surface area (Å²) in [6, 6.07) is 8.59. The molecule has 2 atom stereocenters. The minimum atomic E-state index is -0.705. The standard InChI is InChI=1S/C20H25N3O4/c1-20(2,3)27-19(26)23-11-9-16(24)15(23)12-22-18(25)14-8-4-6-13-7-5-10-21-17(13)14/h4-8,10,15-16,24H,9,11-12H2,1-3H3,(H,22,25). The van der Waals surface area contributed by atoms with Crippen LogP contribution in [-0.4, -0.2) is 57.8 Å². The predicted molar refractivity (Wildman–Crippen MR) is 101 cm³/mol. The molecule has 1 aromatic heterocycles. The number of aromatic nitrogens is 1. The first-order valence-electron chi connectivity index (χ1n) is 9.06.